The summed E-state index contributed by atoms with van der Waals surface area (Å²) in [6, 6.07) is 14.3. The summed E-state index contributed by atoms with van der Waals surface area (Å²) in [6.45, 7) is 2.05. The van der Waals surface area contributed by atoms with Gasteiger partial charge in [-0.15, -0.1) is 0 Å². The number of pyridine rings is 1. The van der Waals surface area contributed by atoms with Crippen LogP contribution in [0.5, 0.6) is 0 Å². The molecule has 1 aliphatic carbocycles. The van der Waals surface area contributed by atoms with Crippen molar-refractivity contribution in [2.45, 2.75) is 25.7 Å². The van der Waals surface area contributed by atoms with Crippen molar-refractivity contribution in [2.75, 3.05) is 5.73 Å². The molecule has 1 aliphatic rings. The lowest BCUT2D eigenvalue weighted by Gasteiger charge is -2.25. The summed E-state index contributed by atoms with van der Waals surface area (Å²) in [5.41, 5.74) is 11.8. The van der Waals surface area contributed by atoms with Gasteiger partial charge in [0, 0.05) is 6.42 Å². The normalized spacial score (nSPS) is 16.2. The minimum absolute atomic E-state index is 0.00768. The summed E-state index contributed by atoms with van der Waals surface area (Å²) in [4.78, 5) is 22.1. The van der Waals surface area contributed by atoms with Crippen LogP contribution in [-0.2, 0) is 6.42 Å². The second-order valence-corrected chi connectivity index (χ2v) is 7.50. The van der Waals surface area contributed by atoms with Gasteiger partial charge in [0.15, 0.2) is 11.4 Å². The van der Waals surface area contributed by atoms with Gasteiger partial charge in [0.2, 0.25) is 0 Å². The average molecular weight is 386 g/mol. The first kappa shape index (κ1) is 17.6. The van der Waals surface area contributed by atoms with Crippen molar-refractivity contribution in [1.29, 1.82) is 0 Å². The molecule has 1 atom stereocenters. The van der Waals surface area contributed by atoms with E-state index in [1.54, 1.807) is 23.0 Å². The number of nitrogen functional groups attached to an aromatic ring is 1. The van der Waals surface area contributed by atoms with Crippen LogP contribution in [-0.4, -0.2) is 20.3 Å². The van der Waals surface area contributed by atoms with Crippen LogP contribution in [0.4, 0.5) is 10.1 Å². The molecule has 0 bridgehead atoms. The highest BCUT2D eigenvalue weighted by Gasteiger charge is 2.31. The Balaban J connectivity index is 1.67. The molecule has 0 saturated carbocycles. The number of rotatable bonds is 2. The molecule has 0 saturated heterocycles. The van der Waals surface area contributed by atoms with Crippen molar-refractivity contribution < 1.29 is 9.18 Å². The third kappa shape index (κ3) is 2.79. The average Bonchev–Trinajstić information content (AvgIpc) is 3.12. The number of anilines is 1. The molecule has 29 heavy (non-hydrogen) atoms. The number of nitrogens with zero attached hydrogens (tertiary/aromatic N) is 3. The Kier molecular flexibility index (Phi) is 3.94. The number of hydrogen-bond acceptors (Lipinski definition) is 4. The number of ketones is 1. The molecule has 2 N–H and O–H groups in total. The Hall–Kier alpha value is -3.54. The molecule has 0 fully saturated rings. The van der Waals surface area contributed by atoms with E-state index in [-0.39, 0.29) is 17.5 Å². The topological polar surface area (TPSA) is 73.8 Å². The van der Waals surface area contributed by atoms with E-state index in [4.69, 9.17) is 10.7 Å². The summed E-state index contributed by atoms with van der Waals surface area (Å²) in [5, 5.41) is 0. The maximum Gasteiger partial charge on any atom is 0.167 e. The lowest BCUT2D eigenvalue weighted by Crippen LogP contribution is -2.22. The molecule has 144 valence electrons. The molecule has 4 aromatic rings. The number of carbonyl (C=O) groups excluding carboxylic acids is 1. The minimum atomic E-state index is -0.343. The van der Waals surface area contributed by atoms with E-state index < -0.39 is 0 Å². The Labute approximate surface area is 167 Å². The first-order valence-electron chi connectivity index (χ1n) is 9.53. The SMILES string of the molecule is Cc1ccccc1[C@H]1CC(=O)c2c(nc3c(ncn3-c3cccc(F)c3)c2N)C1. The first-order chi connectivity index (χ1) is 14.0. The van der Waals surface area contributed by atoms with Gasteiger partial charge < -0.3 is 5.73 Å². The standard InChI is InChI=1S/C23H19FN4O/c1-13-5-2-3-8-17(13)14-9-18-20(19(29)10-14)21(25)22-23(27-18)28(12-26-22)16-7-4-6-15(24)11-16/h2-8,11-12,14H,9-10H2,1H3,(H2,25,27)/t14-/m1/s1. The molecular weight excluding hydrogens is 367 g/mol. The Morgan fingerprint density at radius 2 is 1.97 bits per heavy atom. The van der Waals surface area contributed by atoms with E-state index in [0.29, 0.717) is 46.6 Å². The maximum atomic E-state index is 13.7. The zero-order valence-corrected chi connectivity index (χ0v) is 15.9. The quantitative estimate of drug-likeness (QED) is 0.555. The fourth-order valence-corrected chi connectivity index (χ4v) is 4.27. The largest absolute Gasteiger partial charge is 0.396 e. The molecule has 0 aliphatic heterocycles. The van der Waals surface area contributed by atoms with Gasteiger partial charge in [-0.2, -0.15) is 0 Å². The predicted molar refractivity (Wildman–Crippen MR) is 110 cm³/mol. The van der Waals surface area contributed by atoms with Crippen LogP contribution in [0.2, 0.25) is 0 Å². The fourth-order valence-electron chi connectivity index (χ4n) is 4.27. The van der Waals surface area contributed by atoms with Gasteiger partial charge >= 0.3 is 0 Å². The molecule has 2 aromatic carbocycles. The molecule has 2 heterocycles. The molecule has 5 nitrogen and oxygen atoms in total. The number of nitrogens with two attached hydrogens (primary N) is 1. The lowest BCUT2D eigenvalue weighted by molar-refractivity contribution is 0.0964. The monoisotopic (exact) mass is 386 g/mol. The van der Waals surface area contributed by atoms with E-state index in [1.807, 2.05) is 12.1 Å². The van der Waals surface area contributed by atoms with E-state index in [1.165, 1.54) is 12.1 Å². The van der Waals surface area contributed by atoms with Gasteiger partial charge in [0.1, 0.15) is 17.7 Å². The van der Waals surface area contributed by atoms with Gasteiger partial charge in [-0.05, 0) is 48.6 Å². The summed E-state index contributed by atoms with van der Waals surface area (Å²) in [6.07, 6.45) is 2.60. The Bertz CT molecular complexity index is 1280. The van der Waals surface area contributed by atoms with Crippen LogP contribution in [0.15, 0.2) is 54.9 Å². The van der Waals surface area contributed by atoms with Crippen molar-refractivity contribution in [3.05, 3.63) is 83.1 Å². The smallest absolute Gasteiger partial charge is 0.167 e. The van der Waals surface area contributed by atoms with Crippen molar-refractivity contribution in [1.82, 2.24) is 14.5 Å². The number of benzene rings is 2. The summed E-state index contributed by atoms with van der Waals surface area (Å²) >= 11 is 0. The van der Waals surface area contributed by atoms with Gasteiger partial charge in [-0.25, -0.2) is 14.4 Å². The lowest BCUT2D eigenvalue weighted by atomic mass is 9.79. The van der Waals surface area contributed by atoms with E-state index >= 15 is 0 Å². The highest BCUT2D eigenvalue weighted by atomic mass is 19.1. The van der Waals surface area contributed by atoms with Gasteiger partial charge in [-0.3, -0.25) is 9.36 Å². The number of aromatic nitrogens is 3. The van der Waals surface area contributed by atoms with E-state index in [2.05, 4.69) is 24.0 Å². The Morgan fingerprint density at radius 3 is 2.76 bits per heavy atom. The van der Waals surface area contributed by atoms with Crippen molar-refractivity contribution >= 4 is 22.6 Å². The number of fused-ring (bicyclic) bond motifs is 2. The predicted octanol–water partition coefficient (Wildman–Crippen LogP) is 4.36. The van der Waals surface area contributed by atoms with Gasteiger partial charge in [-0.1, -0.05) is 30.3 Å². The first-order valence-corrected chi connectivity index (χ1v) is 9.53. The van der Waals surface area contributed by atoms with Crippen LogP contribution in [0.3, 0.4) is 0 Å². The van der Waals surface area contributed by atoms with Gasteiger partial charge in [0.25, 0.3) is 0 Å². The molecule has 0 radical (unpaired) electrons. The highest BCUT2D eigenvalue weighted by Crippen LogP contribution is 2.38. The summed E-state index contributed by atoms with van der Waals surface area (Å²) in [7, 11) is 0. The Morgan fingerprint density at radius 1 is 1.14 bits per heavy atom. The molecular formula is C23H19FN4O. The number of aryl methyl sites for hydroxylation is 1. The number of imidazole rings is 1. The molecule has 6 heteroatoms. The maximum absolute atomic E-state index is 13.7. The number of Topliss-reactive ketones (excluding diaryl/α,β-unsaturated/α-hetero) is 1. The molecule has 0 amide bonds. The van der Waals surface area contributed by atoms with Crippen molar-refractivity contribution in [3.8, 4) is 5.69 Å². The summed E-state index contributed by atoms with van der Waals surface area (Å²) < 4.78 is 15.4. The van der Waals surface area contributed by atoms with Crippen LogP contribution in [0.25, 0.3) is 16.9 Å². The molecule has 5 rings (SSSR count). The third-order valence-electron chi connectivity index (χ3n) is 5.66. The second kappa shape index (κ2) is 6.51. The third-order valence-corrected chi connectivity index (χ3v) is 5.66. The fraction of sp³-hybridized carbons (Fsp3) is 0.174. The van der Waals surface area contributed by atoms with Crippen LogP contribution >= 0.6 is 0 Å². The zero-order chi connectivity index (χ0) is 20.1. The van der Waals surface area contributed by atoms with Crippen LogP contribution in [0, 0.1) is 12.7 Å². The molecule has 0 spiro atoms. The van der Waals surface area contributed by atoms with Gasteiger partial charge in [0.05, 0.1) is 22.6 Å². The van der Waals surface area contributed by atoms with E-state index in [0.717, 1.165) is 11.1 Å². The van der Waals surface area contributed by atoms with Crippen LogP contribution < -0.4 is 5.73 Å². The van der Waals surface area contributed by atoms with Crippen LogP contribution in [0.1, 0.15) is 39.5 Å². The number of hydrogen-bond donors (Lipinski definition) is 1. The number of halogens is 1. The summed E-state index contributed by atoms with van der Waals surface area (Å²) in [5.74, 6) is -0.289. The highest BCUT2D eigenvalue weighted by molar-refractivity contribution is 6.08. The second-order valence-electron chi connectivity index (χ2n) is 7.50. The zero-order valence-electron chi connectivity index (χ0n) is 15.9. The number of carbonyl (C=O) groups is 1. The van der Waals surface area contributed by atoms with E-state index in [9.17, 15) is 9.18 Å². The molecule has 0 unspecified atom stereocenters. The van der Waals surface area contributed by atoms with Crippen molar-refractivity contribution in [2.24, 2.45) is 0 Å². The minimum Gasteiger partial charge on any atom is -0.396 e. The van der Waals surface area contributed by atoms with Crippen molar-refractivity contribution in [3.63, 3.8) is 0 Å². The molecule has 2 aromatic heterocycles.